The van der Waals surface area contributed by atoms with Crippen LogP contribution < -0.4 is 0 Å². The second kappa shape index (κ2) is 3.66. The fraction of sp³-hybridized carbons (Fsp3) is 0.300. The van der Waals surface area contributed by atoms with Crippen LogP contribution in [-0.2, 0) is 6.54 Å². The maximum atomic E-state index is 12.3. The van der Waals surface area contributed by atoms with E-state index in [1.165, 1.54) is 0 Å². The molecule has 0 saturated heterocycles. The molecule has 6 heteroatoms. The number of aromatic nitrogens is 2. The molecule has 1 heterocycles. The van der Waals surface area contributed by atoms with Gasteiger partial charge < -0.3 is 4.57 Å². The molecular weight excluding hydrogens is 241 g/mol. The van der Waals surface area contributed by atoms with Crippen molar-refractivity contribution in [1.82, 2.24) is 9.55 Å². The van der Waals surface area contributed by atoms with Gasteiger partial charge in [0, 0.05) is 0 Å². The van der Waals surface area contributed by atoms with Crippen LogP contribution in [-0.4, -0.2) is 15.7 Å². The lowest BCUT2D eigenvalue weighted by Gasteiger charge is -2.09. The van der Waals surface area contributed by atoms with Crippen molar-refractivity contribution in [3.05, 3.63) is 29.0 Å². The smallest absolute Gasteiger partial charge is 0.305 e. The highest BCUT2D eigenvalue weighted by atomic mass is 35.5. The summed E-state index contributed by atoms with van der Waals surface area (Å²) in [5.74, 6) is 0. The van der Waals surface area contributed by atoms with Crippen molar-refractivity contribution >= 4 is 22.6 Å². The summed E-state index contributed by atoms with van der Waals surface area (Å²) >= 11 is 5.70. The van der Waals surface area contributed by atoms with Crippen LogP contribution in [0.25, 0.3) is 11.0 Å². The van der Waals surface area contributed by atoms with Crippen molar-refractivity contribution in [3.63, 3.8) is 0 Å². The van der Waals surface area contributed by atoms with E-state index < -0.39 is 12.7 Å². The molecule has 1 aromatic carbocycles. The van der Waals surface area contributed by atoms with Crippen molar-refractivity contribution < 1.29 is 13.2 Å². The van der Waals surface area contributed by atoms with Crippen LogP contribution in [0.4, 0.5) is 13.2 Å². The fourth-order valence-electron chi connectivity index (χ4n) is 1.59. The first-order valence-corrected chi connectivity index (χ1v) is 4.94. The number of rotatable bonds is 1. The molecule has 0 bridgehead atoms. The Bertz CT molecular complexity index is 531. The third-order valence-corrected chi connectivity index (χ3v) is 2.56. The molecule has 0 fully saturated rings. The van der Waals surface area contributed by atoms with Crippen molar-refractivity contribution in [2.45, 2.75) is 19.6 Å². The first-order valence-electron chi connectivity index (χ1n) is 4.56. The minimum absolute atomic E-state index is 0.137. The topological polar surface area (TPSA) is 17.8 Å². The van der Waals surface area contributed by atoms with Crippen LogP contribution in [0.3, 0.4) is 0 Å². The Morgan fingerprint density at radius 3 is 2.69 bits per heavy atom. The minimum atomic E-state index is -4.30. The second-order valence-corrected chi connectivity index (χ2v) is 3.86. The molecule has 0 radical (unpaired) electrons. The number of fused-ring (bicyclic) bond motifs is 1. The number of hydrogen-bond acceptors (Lipinski definition) is 1. The van der Waals surface area contributed by atoms with Crippen LogP contribution in [0.5, 0.6) is 0 Å². The largest absolute Gasteiger partial charge is 0.406 e. The van der Waals surface area contributed by atoms with E-state index in [1.807, 2.05) is 0 Å². The molecule has 0 aliphatic carbocycles. The summed E-state index contributed by atoms with van der Waals surface area (Å²) in [5, 5.41) is -0.137. The van der Waals surface area contributed by atoms with Crippen molar-refractivity contribution in [2.75, 3.05) is 0 Å². The second-order valence-electron chi connectivity index (χ2n) is 3.52. The molecule has 0 N–H and O–H groups in total. The summed E-state index contributed by atoms with van der Waals surface area (Å²) in [5.41, 5.74) is 1.72. The van der Waals surface area contributed by atoms with Gasteiger partial charge in [0.05, 0.1) is 11.0 Å². The third-order valence-electron chi connectivity index (χ3n) is 2.27. The number of nitrogens with zero attached hydrogens (tertiary/aromatic N) is 2. The summed E-state index contributed by atoms with van der Waals surface area (Å²) in [6, 6.07) is 5.04. The molecule has 2 aromatic rings. The van der Waals surface area contributed by atoms with Gasteiger partial charge in [-0.15, -0.1) is 0 Å². The molecule has 2 rings (SSSR count). The highest BCUT2D eigenvalue weighted by molar-refractivity contribution is 6.29. The molecule has 86 valence electrons. The zero-order valence-corrected chi connectivity index (χ0v) is 9.10. The van der Waals surface area contributed by atoms with Crippen molar-refractivity contribution in [1.29, 1.82) is 0 Å². The quantitative estimate of drug-likeness (QED) is 0.755. The Balaban J connectivity index is 2.61. The predicted octanol–water partition coefficient (Wildman–Crippen LogP) is 3.56. The molecule has 0 spiro atoms. The molecule has 0 aliphatic rings. The van der Waals surface area contributed by atoms with Gasteiger partial charge in [-0.1, -0.05) is 12.1 Å². The average Bonchev–Trinajstić information content (AvgIpc) is 2.44. The molecule has 0 amide bonds. The normalized spacial score (nSPS) is 12.3. The summed E-state index contributed by atoms with van der Waals surface area (Å²) in [6.07, 6.45) is -4.30. The molecule has 0 aliphatic heterocycles. The van der Waals surface area contributed by atoms with E-state index in [0.29, 0.717) is 11.0 Å². The molecule has 2 nitrogen and oxygen atoms in total. The SMILES string of the molecule is Cc1cccc2c1nc(Cl)n2CC(F)(F)F. The average molecular weight is 249 g/mol. The minimum Gasteiger partial charge on any atom is -0.305 e. The van der Waals surface area contributed by atoms with E-state index in [4.69, 9.17) is 11.6 Å². The van der Waals surface area contributed by atoms with Gasteiger partial charge in [0.1, 0.15) is 6.54 Å². The summed E-state index contributed by atoms with van der Waals surface area (Å²) < 4.78 is 37.9. The van der Waals surface area contributed by atoms with Gasteiger partial charge in [0.2, 0.25) is 5.28 Å². The maximum absolute atomic E-state index is 12.3. The number of aryl methyl sites for hydroxylation is 1. The first-order chi connectivity index (χ1) is 7.38. The monoisotopic (exact) mass is 248 g/mol. The Labute approximate surface area is 94.6 Å². The van der Waals surface area contributed by atoms with E-state index in [1.54, 1.807) is 25.1 Å². The Morgan fingerprint density at radius 1 is 1.38 bits per heavy atom. The van der Waals surface area contributed by atoms with E-state index in [0.717, 1.165) is 10.1 Å². The van der Waals surface area contributed by atoms with Crippen LogP contribution >= 0.6 is 11.6 Å². The lowest BCUT2D eigenvalue weighted by atomic mass is 10.2. The molecule has 0 atom stereocenters. The number of para-hydroxylation sites is 1. The van der Waals surface area contributed by atoms with Gasteiger partial charge in [0.15, 0.2) is 0 Å². The lowest BCUT2D eigenvalue weighted by molar-refractivity contribution is -0.139. The molecule has 16 heavy (non-hydrogen) atoms. The third kappa shape index (κ3) is 2.00. The highest BCUT2D eigenvalue weighted by Gasteiger charge is 2.30. The molecular formula is C10H8ClF3N2. The molecule has 1 aromatic heterocycles. The standard InChI is InChI=1S/C10H8ClF3N2/c1-6-3-2-4-7-8(6)15-9(11)16(7)5-10(12,13)14/h2-4H,5H2,1H3. The van der Waals surface area contributed by atoms with Crippen LogP contribution in [0.15, 0.2) is 18.2 Å². The number of alkyl halides is 3. The zero-order chi connectivity index (χ0) is 11.9. The Hall–Kier alpha value is -1.23. The van der Waals surface area contributed by atoms with E-state index in [2.05, 4.69) is 4.98 Å². The maximum Gasteiger partial charge on any atom is 0.406 e. The molecule has 0 saturated carbocycles. The van der Waals surface area contributed by atoms with Gasteiger partial charge in [-0.05, 0) is 30.2 Å². The summed E-state index contributed by atoms with van der Waals surface area (Å²) in [4.78, 5) is 3.93. The van der Waals surface area contributed by atoms with Gasteiger partial charge in [-0.25, -0.2) is 4.98 Å². The van der Waals surface area contributed by atoms with Gasteiger partial charge >= 0.3 is 6.18 Å². The van der Waals surface area contributed by atoms with Crippen LogP contribution in [0, 0.1) is 6.92 Å². The van der Waals surface area contributed by atoms with E-state index in [-0.39, 0.29) is 5.28 Å². The predicted molar refractivity (Wildman–Crippen MR) is 55.5 cm³/mol. The fourth-order valence-corrected chi connectivity index (χ4v) is 1.82. The van der Waals surface area contributed by atoms with E-state index >= 15 is 0 Å². The Kier molecular flexibility index (Phi) is 2.58. The first kappa shape index (κ1) is 11.3. The number of imidazole rings is 1. The summed E-state index contributed by atoms with van der Waals surface area (Å²) in [6.45, 7) is 0.662. The van der Waals surface area contributed by atoms with Crippen molar-refractivity contribution in [2.24, 2.45) is 0 Å². The molecule has 0 unspecified atom stereocenters. The lowest BCUT2D eigenvalue weighted by Crippen LogP contribution is -2.17. The van der Waals surface area contributed by atoms with E-state index in [9.17, 15) is 13.2 Å². The number of benzene rings is 1. The van der Waals surface area contributed by atoms with Crippen molar-refractivity contribution in [3.8, 4) is 0 Å². The number of hydrogen-bond donors (Lipinski definition) is 0. The number of halogens is 4. The van der Waals surface area contributed by atoms with Crippen LogP contribution in [0.1, 0.15) is 5.56 Å². The van der Waals surface area contributed by atoms with Crippen LogP contribution in [0.2, 0.25) is 5.28 Å². The summed E-state index contributed by atoms with van der Waals surface area (Å²) in [7, 11) is 0. The van der Waals surface area contributed by atoms with Gasteiger partial charge in [-0.2, -0.15) is 13.2 Å². The van der Waals surface area contributed by atoms with Gasteiger partial charge in [0.25, 0.3) is 0 Å². The highest BCUT2D eigenvalue weighted by Crippen LogP contribution is 2.26. The zero-order valence-electron chi connectivity index (χ0n) is 8.35. The Morgan fingerprint density at radius 2 is 2.06 bits per heavy atom. The van der Waals surface area contributed by atoms with Gasteiger partial charge in [-0.3, -0.25) is 0 Å².